The number of hydrogen-bond donors (Lipinski definition) is 0. The van der Waals surface area contributed by atoms with Gasteiger partial charge in [0, 0.05) is 30.7 Å². The van der Waals surface area contributed by atoms with Crippen molar-refractivity contribution < 1.29 is 9.47 Å². The maximum absolute atomic E-state index is 6.29. The lowest BCUT2D eigenvalue weighted by atomic mass is 10.1. The van der Waals surface area contributed by atoms with E-state index in [0.29, 0.717) is 28.6 Å². The topological polar surface area (TPSA) is 35.8 Å². The van der Waals surface area contributed by atoms with Crippen LogP contribution in [-0.4, -0.2) is 49.2 Å². The fourth-order valence-electron chi connectivity index (χ4n) is 4.83. The molecule has 1 aromatic carbocycles. The Morgan fingerprint density at radius 1 is 1.07 bits per heavy atom. The summed E-state index contributed by atoms with van der Waals surface area (Å²) in [4.78, 5) is 0. The average Bonchev–Trinajstić information content (AvgIpc) is 3.66. The maximum atomic E-state index is 6.29. The molecule has 0 amide bonds. The number of halogens is 1. The molecule has 2 heterocycles. The van der Waals surface area contributed by atoms with Gasteiger partial charge in [-0.2, -0.15) is 5.10 Å². The largest absolute Gasteiger partial charge is 0.496 e. The van der Waals surface area contributed by atoms with Gasteiger partial charge in [0.2, 0.25) is 0 Å². The summed E-state index contributed by atoms with van der Waals surface area (Å²) in [5.74, 6) is 1.35. The number of methoxy groups -OCH3 is 2. The van der Waals surface area contributed by atoms with E-state index in [1.54, 1.807) is 26.0 Å². The number of rotatable bonds is 7. The average molecular weight is 445 g/mol. The Morgan fingerprint density at radius 2 is 1.67 bits per heavy atom. The van der Waals surface area contributed by atoms with E-state index in [4.69, 9.17) is 26.2 Å². The van der Waals surface area contributed by atoms with Gasteiger partial charge in [0.15, 0.2) is 10.7 Å². The molecular formula is C23H27ClN3O2S+. The van der Waals surface area contributed by atoms with E-state index >= 15 is 0 Å². The third-order valence-corrected chi connectivity index (χ3v) is 7.49. The van der Waals surface area contributed by atoms with Crippen LogP contribution in [0.15, 0.2) is 35.4 Å². The SMILES string of the molecule is COc1cc(Cl)cc(OC)c1-c1cccc2c([N+](C)(C3CC3)C3CC3)c(SC)nn12. The van der Waals surface area contributed by atoms with Crippen molar-refractivity contribution in [3.63, 3.8) is 0 Å². The number of ether oxygens (including phenoxy) is 2. The summed E-state index contributed by atoms with van der Waals surface area (Å²) in [6.07, 6.45) is 7.33. The van der Waals surface area contributed by atoms with E-state index in [1.807, 2.05) is 12.1 Å². The van der Waals surface area contributed by atoms with Crippen LogP contribution >= 0.6 is 23.4 Å². The number of quaternary nitrogens is 1. The molecule has 2 saturated carbocycles. The van der Waals surface area contributed by atoms with E-state index < -0.39 is 0 Å². The zero-order valence-electron chi connectivity index (χ0n) is 17.8. The van der Waals surface area contributed by atoms with Crippen molar-refractivity contribution in [2.45, 2.75) is 42.8 Å². The van der Waals surface area contributed by atoms with Crippen molar-refractivity contribution in [1.29, 1.82) is 0 Å². The van der Waals surface area contributed by atoms with Crippen molar-refractivity contribution in [1.82, 2.24) is 14.1 Å². The first kappa shape index (κ1) is 20.0. The summed E-state index contributed by atoms with van der Waals surface area (Å²) in [7, 11) is 5.73. The Morgan fingerprint density at radius 3 is 2.17 bits per heavy atom. The van der Waals surface area contributed by atoms with Gasteiger partial charge in [0.1, 0.15) is 17.0 Å². The summed E-state index contributed by atoms with van der Waals surface area (Å²) >= 11 is 8.03. The van der Waals surface area contributed by atoms with Gasteiger partial charge >= 0.3 is 0 Å². The van der Waals surface area contributed by atoms with Crippen molar-refractivity contribution in [2.75, 3.05) is 27.5 Å². The maximum Gasteiger partial charge on any atom is 0.193 e. The number of fused-ring (bicyclic) bond motifs is 1. The molecule has 0 atom stereocenters. The molecular weight excluding hydrogens is 418 g/mol. The standard InChI is InChI=1S/C23H27ClN3O2S/c1-27(15-8-9-15,16-10-11-16)22-18-7-5-6-17(26(18)25-23(22)30-4)21-19(28-2)12-14(24)13-20(21)29-3/h5-7,12-13,15-16H,8-11H2,1-4H3/q+1. The minimum absolute atomic E-state index is 0.581. The molecule has 30 heavy (non-hydrogen) atoms. The highest BCUT2D eigenvalue weighted by atomic mass is 35.5. The molecule has 2 aliphatic rings. The van der Waals surface area contributed by atoms with Gasteiger partial charge in [0.05, 0.1) is 44.6 Å². The second-order valence-corrected chi connectivity index (χ2v) is 9.59. The molecule has 2 aromatic heterocycles. The van der Waals surface area contributed by atoms with E-state index in [9.17, 15) is 0 Å². The third kappa shape index (κ3) is 3.00. The Bertz CT molecular complexity index is 1080. The van der Waals surface area contributed by atoms with Gasteiger partial charge in [-0.05, 0) is 30.5 Å². The van der Waals surface area contributed by atoms with Gasteiger partial charge in [-0.1, -0.05) is 17.7 Å². The molecule has 2 fully saturated rings. The predicted octanol–water partition coefficient (Wildman–Crippen LogP) is 5.66. The molecule has 0 N–H and O–H groups in total. The highest BCUT2D eigenvalue weighted by Gasteiger charge is 2.55. The number of nitrogens with zero attached hydrogens (tertiary/aromatic N) is 3. The van der Waals surface area contributed by atoms with Crippen LogP contribution in [-0.2, 0) is 0 Å². The first-order chi connectivity index (χ1) is 14.5. The monoisotopic (exact) mass is 444 g/mol. The third-order valence-electron chi connectivity index (χ3n) is 6.61. The van der Waals surface area contributed by atoms with Crippen molar-refractivity contribution >= 4 is 34.6 Å². The number of hydrogen-bond acceptors (Lipinski definition) is 4. The van der Waals surface area contributed by atoms with Gasteiger partial charge in [0.25, 0.3) is 0 Å². The highest BCUT2D eigenvalue weighted by molar-refractivity contribution is 7.98. The van der Waals surface area contributed by atoms with Gasteiger partial charge < -0.3 is 9.47 Å². The quantitative estimate of drug-likeness (QED) is 0.348. The molecule has 0 radical (unpaired) electrons. The molecule has 5 nitrogen and oxygen atoms in total. The molecule has 3 aromatic rings. The Balaban J connectivity index is 1.79. The second kappa shape index (κ2) is 7.36. The van der Waals surface area contributed by atoms with Crippen LogP contribution in [0.2, 0.25) is 5.02 Å². The van der Waals surface area contributed by atoms with Crippen LogP contribution < -0.4 is 14.0 Å². The smallest absolute Gasteiger partial charge is 0.193 e. The summed E-state index contributed by atoms with van der Waals surface area (Å²) in [5.41, 5.74) is 4.33. The van der Waals surface area contributed by atoms with E-state index in [0.717, 1.165) is 26.3 Å². The molecule has 7 heteroatoms. The molecule has 158 valence electrons. The summed E-state index contributed by atoms with van der Waals surface area (Å²) in [6, 6.07) is 11.4. The Hall–Kier alpha value is -1.89. The summed E-state index contributed by atoms with van der Waals surface area (Å²) in [6.45, 7) is 0. The van der Waals surface area contributed by atoms with E-state index in [-0.39, 0.29) is 0 Å². The van der Waals surface area contributed by atoms with E-state index in [2.05, 4.69) is 36.0 Å². The predicted molar refractivity (Wildman–Crippen MR) is 124 cm³/mol. The fourth-order valence-corrected chi connectivity index (χ4v) is 5.69. The first-order valence-electron chi connectivity index (χ1n) is 10.4. The van der Waals surface area contributed by atoms with Crippen LogP contribution in [0.3, 0.4) is 0 Å². The number of aromatic nitrogens is 2. The normalized spacial score (nSPS) is 16.8. The van der Waals surface area contributed by atoms with Crippen LogP contribution in [0.25, 0.3) is 16.8 Å². The van der Waals surface area contributed by atoms with Crippen LogP contribution in [0.1, 0.15) is 25.7 Å². The van der Waals surface area contributed by atoms with Gasteiger partial charge in [-0.15, -0.1) is 11.8 Å². The number of thioether (sulfide) groups is 1. The lowest BCUT2D eigenvalue weighted by Crippen LogP contribution is -2.49. The van der Waals surface area contributed by atoms with Crippen LogP contribution in [0, 0.1) is 0 Å². The number of pyridine rings is 1. The molecule has 0 unspecified atom stereocenters. The van der Waals surface area contributed by atoms with E-state index in [1.165, 1.54) is 31.4 Å². The zero-order valence-corrected chi connectivity index (χ0v) is 19.4. The molecule has 0 spiro atoms. The fraction of sp³-hybridized carbons (Fsp3) is 0.435. The Kier molecular flexibility index (Phi) is 4.92. The zero-order chi connectivity index (χ0) is 21.0. The van der Waals surface area contributed by atoms with Crippen LogP contribution in [0.4, 0.5) is 5.69 Å². The van der Waals surface area contributed by atoms with Gasteiger partial charge in [-0.25, -0.2) is 4.52 Å². The number of benzene rings is 1. The minimum atomic E-state index is 0.581. The Labute approximate surface area is 186 Å². The van der Waals surface area contributed by atoms with Gasteiger partial charge in [-0.3, -0.25) is 4.48 Å². The molecule has 0 bridgehead atoms. The highest BCUT2D eigenvalue weighted by Crippen LogP contribution is 2.51. The lowest BCUT2D eigenvalue weighted by Gasteiger charge is -2.34. The van der Waals surface area contributed by atoms with Crippen molar-refractivity contribution in [2.24, 2.45) is 0 Å². The summed E-state index contributed by atoms with van der Waals surface area (Å²) in [5, 5.41) is 6.78. The van der Waals surface area contributed by atoms with Crippen molar-refractivity contribution in [3.05, 3.63) is 35.4 Å². The molecule has 2 aliphatic carbocycles. The first-order valence-corrected chi connectivity index (χ1v) is 12.0. The van der Waals surface area contributed by atoms with Crippen LogP contribution in [0.5, 0.6) is 11.5 Å². The minimum Gasteiger partial charge on any atom is -0.496 e. The van der Waals surface area contributed by atoms with Crippen molar-refractivity contribution in [3.8, 4) is 22.8 Å². The molecule has 5 rings (SSSR count). The molecule has 0 saturated heterocycles. The summed E-state index contributed by atoms with van der Waals surface area (Å²) < 4.78 is 14.4. The molecule has 0 aliphatic heterocycles. The second-order valence-electron chi connectivity index (χ2n) is 8.36. The lowest BCUT2D eigenvalue weighted by molar-refractivity contribution is 0.306.